The molecule has 2 aromatic carbocycles. The van der Waals surface area contributed by atoms with Crippen LogP contribution in [0.1, 0.15) is 54.5 Å². The molecular weight excluding hydrogens is 540 g/mol. The van der Waals surface area contributed by atoms with E-state index in [-0.39, 0.29) is 12.3 Å². The Morgan fingerprint density at radius 2 is 2.03 bits per heavy atom. The lowest BCUT2D eigenvalue weighted by Crippen LogP contribution is -2.33. The summed E-state index contributed by atoms with van der Waals surface area (Å²) in [6, 6.07) is 16.7. The molecule has 0 amide bonds. The first-order chi connectivity index (χ1) is 15.1. The van der Waals surface area contributed by atoms with Crippen molar-refractivity contribution in [2.75, 3.05) is 6.61 Å². The molecule has 0 N–H and O–H groups in total. The van der Waals surface area contributed by atoms with E-state index < -0.39 is 0 Å². The molecule has 0 bridgehead atoms. The smallest absolute Gasteiger partial charge is 0.213 e. The van der Waals surface area contributed by atoms with Gasteiger partial charge in [0.15, 0.2) is 0 Å². The molecule has 160 valence electrons. The van der Waals surface area contributed by atoms with Crippen LogP contribution in [-0.2, 0) is 0 Å². The van der Waals surface area contributed by atoms with Crippen molar-refractivity contribution in [3.63, 3.8) is 0 Å². The maximum absolute atomic E-state index is 6.54. The van der Waals surface area contributed by atoms with E-state index in [1.165, 1.54) is 4.88 Å². The molecule has 3 aromatic rings. The number of halogens is 2. The van der Waals surface area contributed by atoms with Gasteiger partial charge in [-0.3, -0.25) is 0 Å². The molecule has 4 nitrogen and oxygen atoms in total. The van der Waals surface area contributed by atoms with E-state index >= 15 is 0 Å². The van der Waals surface area contributed by atoms with Gasteiger partial charge in [-0.2, -0.15) is 5.10 Å². The largest absolute Gasteiger partial charge is 0.494 e. The summed E-state index contributed by atoms with van der Waals surface area (Å²) < 4.78 is 14.3. The molecule has 31 heavy (non-hydrogen) atoms. The molecule has 3 heterocycles. The third-order valence-corrected chi connectivity index (χ3v) is 7.51. The van der Waals surface area contributed by atoms with Crippen LogP contribution in [0.4, 0.5) is 0 Å². The van der Waals surface area contributed by atoms with Crippen LogP contribution in [0.15, 0.2) is 68.0 Å². The zero-order valence-corrected chi connectivity index (χ0v) is 21.0. The lowest BCUT2D eigenvalue weighted by molar-refractivity contribution is -0.0197. The Balaban J connectivity index is 1.50. The number of unbranched alkanes of at least 4 members (excludes halogenated alkanes) is 1. The fraction of sp³-hybridized carbons (Fsp3) is 0.292. The summed E-state index contributed by atoms with van der Waals surface area (Å²) in [5, 5.41) is 9.24. The monoisotopic (exact) mass is 560 g/mol. The van der Waals surface area contributed by atoms with Gasteiger partial charge < -0.3 is 9.47 Å². The van der Waals surface area contributed by atoms with Crippen LogP contribution >= 0.6 is 43.2 Å². The molecule has 0 unspecified atom stereocenters. The van der Waals surface area contributed by atoms with Crippen LogP contribution < -0.4 is 9.47 Å². The standard InChI is InChI=1S/C24H22Br2N2O2S/c1-2-3-10-29-17-8-6-15(7-9-17)24-28-21(14-20(27-28)22-5-4-11-31-22)18-12-16(25)13-19(26)23(18)30-24/h4-9,11-13,21,24H,2-3,10,14H2,1H3/t21-,24-/m0/s1. The van der Waals surface area contributed by atoms with Crippen molar-refractivity contribution in [1.29, 1.82) is 0 Å². The minimum absolute atomic E-state index is 0.125. The molecule has 5 rings (SSSR count). The molecule has 7 heteroatoms. The zero-order valence-electron chi connectivity index (χ0n) is 17.1. The first-order valence-corrected chi connectivity index (χ1v) is 12.9. The fourth-order valence-electron chi connectivity index (χ4n) is 3.99. The Morgan fingerprint density at radius 3 is 2.77 bits per heavy atom. The Bertz CT molecular complexity index is 1100. The van der Waals surface area contributed by atoms with Gasteiger partial charge in [0.05, 0.1) is 27.7 Å². The third-order valence-electron chi connectivity index (χ3n) is 5.55. The summed E-state index contributed by atoms with van der Waals surface area (Å²) in [5.41, 5.74) is 3.31. The highest BCUT2D eigenvalue weighted by Gasteiger charge is 2.42. The predicted octanol–water partition coefficient (Wildman–Crippen LogP) is 7.69. The van der Waals surface area contributed by atoms with E-state index in [1.54, 1.807) is 11.3 Å². The second kappa shape index (κ2) is 8.96. The number of hydrogen-bond acceptors (Lipinski definition) is 5. The molecule has 2 atom stereocenters. The molecule has 0 spiro atoms. The summed E-state index contributed by atoms with van der Waals surface area (Å²) >= 11 is 9.06. The average molecular weight is 562 g/mol. The van der Waals surface area contributed by atoms with Crippen LogP contribution in [-0.4, -0.2) is 17.3 Å². The number of ether oxygens (including phenoxy) is 2. The summed E-state index contributed by atoms with van der Waals surface area (Å²) in [6.45, 7) is 2.91. The number of nitrogens with zero attached hydrogens (tertiary/aromatic N) is 2. The lowest BCUT2D eigenvalue weighted by atomic mass is 9.97. The van der Waals surface area contributed by atoms with Gasteiger partial charge in [0.1, 0.15) is 11.5 Å². The number of rotatable bonds is 6. The summed E-state index contributed by atoms with van der Waals surface area (Å²) in [7, 11) is 0. The van der Waals surface area contributed by atoms with E-state index in [0.717, 1.165) is 63.2 Å². The van der Waals surface area contributed by atoms with E-state index in [4.69, 9.17) is 14.6 Å². The van der Waals surface area contributed by atoms with Crippen LogP contribution in [0.5, 0.6) is 11.5 Å². The van der Waals surface area contributed by atoms with Crippen LogP contribution in [0.3, 0.4) is 0 Å². The van der Waals surface area contributed by atoms with Gasteiger partial charge in [-0.1, -0.05) is 35.3 Å². The quantitative estimate of drug-likeness (QED) is 0.289. The lowest BCUT2D eigenvalue weighted by Gasteiger charge is -2.38. The predicted molar refractivity (Wildman–Crippen MR) is 132 cm³/mol. The number of fused-ring (bicyclic) bond motifs is 3. The van der Waals surface area contributed by atoms with Crippen LogP contribution in [0.2, 0.25) is 0 Å². The van der Waals surface area contributed by atoms with Crippen LogP contribution in [0.25, 0.3) is 0 Å². The van der Waals surface area contributed by atoms with E-state index in [0.29, 0.717) is 0 Å². The van der Waals surface area contributed by atoms with Gasteiger partial charge in [0, 0.05) is 22.0 Å². The highest BCUT2D eigenvalue weighted by molar-refractivity contribution is 9.11. The Kier molecular flexibility index (Phi) is 6.08. The maximum atomic E-state index is 6.54. The summed E-state index contributed by atoms with van der Waals surface area (Å²) in [5.74, 6) is 1.78. The molecular formula is C24H22Br2N2O2S. The normalized spacial score (nSPS) is 19.5. The Labute approximate surface area is 203 Å². The molecule has 0 fully saturated rings. The highest BCUT2D eigenvalue weighted by Crippen LogP contribution is 2.51. The second-order valence-electron chi connectivity index (χ2n) is 7.67. The van der Waals surface area contributed by atoms with Crippen molar-refractivity contribution in [3.8, 4) is 11.5 Å². The molecule has 2 aliphatic rings. The second-order valence-corrected chi connectivity index (χ2v) is 10.4. The van der Waals surface area contributed by atoms with Gasteiger partial charge >= 0.3 is 0 Å². The number of hydrogen-bond donors (Lipinski definition) is 0. The first kappa shape index (κ1) is 21.0. The summed E-state index contributed by atoms with van der Waals surface area (Å²) in [6.07, 6.45) is 2.74. The summed E-state index contributed by atoms with van der Waals surface area (Å²) in [4.78, 5) is 1.21. The number of thiophene rings is 1. The van der Waals surface area contributed by atoms with Gasteiger partial charge in [-0.25, -0.2) is 5.01 Å². The fourth-order valence-corrected chi connectivity index (χ4v) is 6.06. The number of hydrazone groups is 1. The average Bonchev–Trinajstić information content (AvgIpc) is 3.44. The van der Waals surface area contributed by atoms with Crippen LogP contribution in [0, 0.1) is 0 Å². The Hall–Kier alpha value is -1.83. The van der Waals surface area contributed by atoms with E-state index in [1.807, 2.05) is 18.2 Å². The third kappa shape index (κ3) is 4.15. The molecule has 0 aliphatic carbocycles. The van der Waals surface area contributed by atoms with E-state index in [2.05, 4.69) is 79.5 Å². The van der Waals surface area contributed by atoms with Crippen molar-refractivity contribution < 1.29 is 9.47 Å². The topological polar surface area (TPSA) is 34.1 Å². The molecule has 2 aliphatic heterocycles. The van der Waals surface area contributed by atoms with Gasteiger partial charge in [0.2, 0.25) is 6.23 Å². The molecule has 1 aromatic heterocycles. The van der Waals surface area contributed by atoms with Crippen molar-refractivity contribution in [2.24, 2.45) is 5.10 Å². The molecule has 0 radical (unpaired) electrons. The van der Waals surface area contributed by atoms with Gasteiger partial charge in [0.25, 0.3) is 0 Å². The van der Waals surface area contributed by atoms with Crippen molar-refractivity contribution in [1.82, 2.24) is 5.01 Å². The first-order valence-electron chi connectivity index (χ1n) is 10.4. The van der Waals surface area contributed by atoms with Crippen molar-refractivity contribution in [3.05, 3.63) is 78.9 Å². The highest BCUT2D eigenvalue weighted by atomic mass is 79.9. The van der Waals surface area contributed by atoms with E-state index in [9.17, 15) is 0 Å². The minimum atomic E-state index is -0.294. The number of benzene rings is 2. The molecule has 0 saturated heterocycles. The molecule has 0 saturated carbocycles. The maximum Gasteiger partial charge on any atom is 0.213 e. The van der Waals surface area contributed by atoms with Gasteiger partial charge in [-0.15, -0.1) is 11.3 Å². The van der Waals surface area contributed by atoms with Gasteiger partial charge in [-0.05, 0) is 70.2 Å². The zero-order chi connectivity index (χ0) is 21.4. The Morgan fingerprint density at radius 1 is 1.19 bits per heavy atom. The van der Waals surface area contributed by atoms with Crippen molar-refractivity contribution in [2.45, 2.75) is 38.5 Å². The minimum Gasteiger partial charge on any atom is -0.494 e. The van der Waals surface area contributed by atoms with Crippen molar-refractivity contribution >= 4 is 48.9 Å². The SMILES string of the molecule is CCCCOc1ccc([C@@H]2Oc3c(Br)cc(Br)cc3[C@@H]3CC(c4cccs4)=NN32)cc1.